The van der Waals surface area contributed by atoms with Crippen molar-refractivity contribution in [2.45, 2.75) is 11.4 Å². The molecule has 0 saturated carbocycles. The maximum absolute atomic E-state index is 12.8. The third kappa shape index (κ3) is 4.56. The highest BCUT2D eigenvalue weighted by Gasteiger charge is 2.20. The van der Waals surface area contributed by atoms with Crippen LogP contribution in [0, 0.1) is 0 Å². The Bertz CT molecular complexity index is 1020. The molecule has 0 aromatic heterocycles. The van der Waals surface area contributed by atoms with Gasteiger partial charge >= 0.3 is 0 Å². The van der Waals surface area contributed by atoms with Crippen molar-refractivity contribution in [3.05, 3.63) is 88.4 Å². The van der Waals surface area contributed by atoms with Crippen LogP contribution in [0.15, 0.2) is 77.7 Å². The molecule has 0 aliphatic rings. The Morgan fingerprint density at radius 2 is 1.59 bits per heavy atom. The van der Waals surface area contributed by atoms with Gasteiger partial charge in [0.05, 0.1) is 10.6 Å². The summed E-state index contributed by atoms with van der Waals surface area (Å²) in [5.74, 6) is 0. The minimum absolute atomic E-state index is 0.226. The highest BCUT2D eigenvalue weighted by Crippen LogP contribution is 2.24. The second-order valence-corrected chi connectivity index (χ2v) is 8.73. The van der Waals surface area contributed by atoms with Crippen LogP contribution in [0.25, 0.3) is 0 Å². The number of anilines is 2. The van der Waals surface area contributed by atoms with Crippen molar-refractivity contribution in [2.75, 3.05) is 16.7 Å². The molecule has 0 unspecified atom stereocenters. The molecule has 0 radical (unpaired) electrons. The summed E-state index contributed by atoms with van der Waals surface area (Å²) in [5.41, 5.74) is 2.31. The first-order valence-corrected chi connectivity index (χ1v) is 10.4. The molecule has 0 amide bonds. The fourth-order valence-corrected chi connectivity index (χ4v) is 4.21. The van der Waals surface area contributed by atoms with Crippen molar-refractivity contribution < 1.29 is 8.42 Å². The van der Waals surface area contributed by atoms with Crippen LogP contribution in [-0.4, -0.2) is 15.5 Å². The van der Waals surface area contributed by atoms with Gasteiger partial charge in [0.2, 0.25) is 0 Å². The largest absolute Gasteiger partial charge is 0.381 e. The molecule has 0 atom stereocenters. The molecule has 0 aliphatic heterocycles. The minimum Gasteiger partial charge on any atom is -0.381 e. The van der Waals surface area contributed by atoms with E-state index in [2.05, 4.69) is 5.32 Å². The lowest BCUT2D eigenvalue weighted by molar-refractivity contribution is 0.594. The van der Waals surface area contributed by atoms with E-state index in [0.717, 1.165) is 11.3 Å². The lowest BCUT2D eigenvalue weighted by atomic mass is 10.2. The number of benzene rings is 3. The molecule has 0 heterocycles. The first kappa shape index (κ1) is 19.5. The SMILES string of the molecule is CN(c1ccccc1)S(=O)(=O)c1ccc(NCc2ccc(Cl)cc2Cl)cc1. The van der Waals surface area contributed by atoms with Gasteiger partial charge in [0, 0.05) is 29.3 Å². The maximum Gasteiger partial charge on any atom is 0.264 e. The maximum atomic E-state index is 12.8. The van der Waals surface area contributed by atoms with Crippen LogP contribution in [-0.2, 0) is 16.6 Å². The Hall–Kier alpha value is -2.21. The molecule has 0 bridgehead atoms. The van der Waals surface area contributed by atoms with E-state index in [0.29, 0.717) is 22.3 Å². The number of nitrogens with one attached hydrogen (secondary N) is 1. The molecular formula is C20H18Cl2N2O2S. The van der Waals surface area contributed by atoms with Crippen molar-refractivity contribution in [3.8, 4) is 0 Å². The molecule has 7 heteroatoms. The summed E-state index contributed by atoms with van der Waals surface area (Å²) in [4.78, 5) is 0.226. The molecule has 140 valence electrons. The van der Waals surface area contributed by atoms with Crippen LogP contribution in [0.5, 0.6) is 0 Å². The number of sulfonamides is 1. The molecule has 3 aromatic carbocycles. The molecule has 0 spiro atoms. The molecule has 27 heavy (non-hydrogen) atoms. The zero-order valence-electron chi connectivity index (χ0n) is 14.6. The quantitative estimate of drug-likeness (QED) is 0.578. The fourth-order valence-electron chi connectivity index (χ4n) is 2.54. The van der Waals surface area contributed by atoms with E-state index in [4.69, 9.17) is 23.2 Å². The predicted octanol–water partition coefficient (Wildman–Crippen LogP) is 5.43. The summed E-state index contributed by atoms with van der Waals surface area (Å²) < 4.78 is 26.8. The molecule has 1 N–H and O–H groups in total. The Kier molecular flexibility index (Phi) is 5.95. The summed E-state index contributed by atoms with van der Waals surface area (Å²) in [6.07, 6.45) is 0. The summed E-state index contributed by atoms with van der Waals surface area (Å²) in [5, 5.41) is 4.39. The van der Waals surface area contributed by atoms with Crippen LogP contribution < -0.4 is 9.62 Å². The number of halogens is 2. The number of nitrogens with zero attached hydrogens (tertiary/aromatic N) is 1. The summed E-state index contributed by atoms with van der Waals surface area (Å²) >= 11 is 12.1. The van der Waals surface area contributed by atoms with E-state index in [9.17, 15) is 8.42 Å². The van der Waals surface area contributed by atoms with E-state index in [1.165, 1.54) is 4.31 Å². The smallest absolute Gasteiger partial charge is 0.264 e. The number of para-hydroxylation sites is 1. The van der Waals surface area contributed by atoms with Gasteiger partial charge in [0.15, 0.2) is 0 Å². The van der Waals surface area contributed by atoms with Gasteiger partial charge in [-0.2, -0.15) is 0 Å². The number of rotatable bonds is 6. The van der Waals surface area contributed by atoms with Gasteiger partial charge in [-0.1, -0.05) is 47.5 Å². The average Bonchev–Trinajstić information content (AvgIpc) is 2.67. The van der Waals surface area contributed by atoms with E-state index in [1.807, 2.05) is 12.1 Å². The highest BCUT2D eigenvalue weighted by molar-refractivity contribution is 7.92. The monoisotopic (exact) mass is 420 g/mol. The molecule has 0 fully saturated rings. The standard InChI is InChI=1S/C20H18Cl2N2O2S/c1-24(18-5-3-2-4-6-18)27(25,26)19-11-9-17(10-12-19)23-14-15-7-8-16(21)13-20(15)22/h2-13,23H,14H2,1H3. The summed E-state index contributed by atoms with van der Waals surface area (Å²) in [7, 11) is -2.08. The van der Waals surface area contributed by atoms with Gasteiger partial charge in [0.1, 0.15) is 0 Å². The zero-order chi connectivity index (χ0) is 19.4. The van der Waals surface area contributed by atoms with Crippen LogP contribution in [0.1, 0.15) is 5.56 Å². The Labute approximate surface area is 169 Å². The van der Waals surface area contributed by atoms with Crippen molar-refractivity contribution in [1.82, 2.24) is 0 Å². The van der Waals surface area contributed by atoms with Crippen molar-refractivity contribution in [3.63, 3.8) is 0 Å². The first-order chi connectivity index (χ1) is 12.9. The van der Waals surface area contributed by atoms with Gasteiger partial charge in [-0.05, 0) is 54.1 Å². The van der Waals surface area contributed by atoms with Gasteiger partial charge in [0.25, 0.3) is 10.0 Å². The third-order valence-corrected chi connectivity index (χ3v) is 6.52. The third-order valence-electron chi connectivity index (χ3n) is 4.13. The van der Waals surface area contributed by atoms with Crippen LogP contribution in [0.2, 0.25) is 10.0 Å². The van der Waals surface area contributed by atoms with E-state index in [1.54, 1.807) is 67.7 Å². The van der Waals surface area contributed by atoms with Gasteiger partial charge in [-0.3, -0.25) is 4.31 Å². The zero-order valence-corrected chi connectivity index (χ0v) is 16.9. The van der Waals surface area contributed by atoms with E-state index in [-0.39, 0.29) is 4.90 Å². The van der Waals surface area contributed by atoms with E-state index >= 15 is 0 Å². The van der Waals surface area contributed by atoms with Gasteiger partial charge in [-0.15, -0.1) is 0 Å². The Morgan fingerprint density at radius 3 is 2.22 bits per heavy atom. The lowest BCUT2D eigenvalue weighted by Crippen LogP contribution is -2.26. The van der Waals surface area contributed by atoms with Crippen molar-refractivity contribution in [2.24, 2.45) is 0 Å². The van der Waals surface area contributed by atoms with Gasteiger partial charge < -0.3 is 5.32 Å². The van der Waals surface area contributed by atoms with Crippen LogP contribution in [0.4, 0.5) is 11.4 Å². The van der Waals surface area contributed by atoms with Crippen LogP contribution in [0.3, 0.4) is 0 Å². The molecule has 0 saturated heterocycles. The topological polar surface area (TPSA) is 49.4 Å². The molecule has 3 aromatic rings. The molecule has 0 aliphatic carbocycles. The minimum atomic E-state index is -3.62. The number of hydrogen-bond donors (Lipinski definition) is 1. The number of hydrogen-bond acceptors (Lipinski definition) is 3. The summed E-state index contributed by atoms with van der Waals surface area (Å²) in [6, 6.07) is 20.9. The van der Waals surface area contributed by atoms with E-state index < -0.39 is 10.0 Å². The van der Waals surface area contributed by atoms with Crippen molar-refractivity contribution in [1.29, 1.82) is 0 Å². The second kappa shape index (κ2) is 8.21. The average molecular weight is 421 g/mol. The second-order valence-electron chi connectivity index (χ2n) is 5.92. The van der Waals surface area contributed by atoms with Gasteiger partial charge in [-0.25, -0.2) is 8.42 Å². The van der Waals surface area contributed by atoms with Crippen molar-refractivity contribution >= 4 is 44.6 Å². The Balaban J connectivity index is 1.73. The normalized spacial score (nSPS) is 11.2. The predicted molar refractivity (Wildman–Crippen MR) is 112 cm³/mol. The van der Waals surface area contributed by atoms with Crippen LogP contribution >= 0.6 is 23.2 Å². The molecule has 3 rings (SSSR count). The molecular weight excluding hydrogens is 403 g/mol. The molecule has 4 nitrogen and oxygen atoms in total. The first-order valence-electron chi connectivity index (χ1n) is 8.20. The lowest BCUT2D eigenvalue weighted by Gasteiger charge is -2.19. The summed E-state index contributed by atoms with van der Waals surface area (Å²) in [6.45, 7) is 0.506. The Morgan fingerprint density at radius 1 is 0.926 bits per heavy atom. The highest BCUT2D eigenvalue weighted by atomic mass is 35.5. The fraction of sp³-hybridized carbons (Fsp3) is 0.100.